The minimum atomic E-state index is -0.149. The third-order valence-electron chi connectivity index (χ3n) is 3.05. The van der Waals surface area contributed by atoms with Crippen LogP contribution in [0.25, 0.3) is 0 Å². The first-order valence-electron chi connectivity index (χ1n) is 7.16. The summed E-state index contributed by atoms with van der Waals surface area (Å²) in [6.07, 6.45) is 0. The first-order chi connectivity index (χ1) is 11.0. The smallest absolute Gasteiger partial charge is 0.238 e. The molecule has 0 aromatic heterocycles. The first kappa shape index (κ1) is 17.0. The molecule has 23 heavy (non-hydrogen) atoms. The Kier molecular flexibility index (Phi) is 6.14. The van der Waals surface area contributed by atoms with Gasteiger partial charge in [-0.1, -0.05) is 29.8 Å². The van der Waals surface area contributed by atoms with Crippen LogP contribution in [0, 0.1) is 0 Å². The van der Waals surface area contributed by atoms with Gasteiger partial charge < -0.3 is 16.0 Å². The molecule has 6 heteroatoms. The molecule has 0 aliphatic carbocycles. The molecule has 2 aromatic rings. The lowest BCUT2D eigenvalue weighted by molar-refractivity contribution is -0.115. The van der Waals surface area contributed by atoms with Crippen LogP contribution in [-0.2, 0) is 16.1 Å². The summed E-state index contributed by atoms with van der Waals surface area (Å²) in [4.78, 5) is 22.8. The van der Waals surface area contributed by atoms with E-state index in [1.54, 1.807) is 24.3 Å². The number of halogens is 1. The van der Waals surface area contributed by atoms with Crippen LogP contribution in [0.15, 0.2) is 48.5 Å². The second-order valence-corrected chi connectivity index (χ2v) is 5.41. The maximum atomic E-state index is 11.9. The summed E-state index contributed by atoms with van der Waals surface area (Å²) in [6, 6.07) is 14.4. The first-order valence-corrected chi connectivity index (χ1v) is 7.54. The van der Waals surface area contributed by atoms with Gasteiger partial charge in [-0.2, -0.15) is 0 Å². The van der Waals surface area contributed by atoms with Crippen LogP contribution in [0.2, 0.25) is 5.02 Å². The topological polar surface area (TPSA) is 70.2 Å². The molecule has 0 aliphatic heterocycles. The lowest BCUT2D eigenvalue weighted by atomic mass is 10.2. The molecule has 0 saturated heterocycles. The van der Waals surface area contributed by atoms with E-state index in [-0.39, 0.29) is 18.4 Å². The highest BCUT2D eigenvalue weighted by Crippen LogP contribution is 2.15. The van der Waals surface area contributed by atoms with Gasteiger partial charge in [-0.25, -0.2) is 0 Å². The summed E-state index contributed by atoms with van der Waals surface area (Å²) in [6.45, 7) is 2.15. The summed E-state index contributed by atoms with van der Waals surface area (Å²) >= 11 is 6.05. The van der Waals surface area contributed by atoms with Gasteiger partial charge in [0.2, 0.25) is 11.8 Å². The molecule has 3 N–H and O–H groups in total. The van der Waals surface area contributed by atoms with Gasteiger partial charge in [-0.05, 0) is 35.9 Å². The minimum absolute atomic E-state index is 0.134. The predicted molar refractivity (Wildman–Crippen MR) is 92.5 cm³/mol. The monoisotopic (exact) mass is 331 g/mol. The van der Waals surface area contributed by atoms with Crippen LogP contribution in [0.3, 0.4) is 0 Å². The number of rotatable bonds is 6. The van der Waals surface area contributed by atoms with Gasteiger partial charge in [-0.3, -0.25) is 9.59 Å². The maximum absolute atomic E-state index is 11.9. The molecule has 0 atom stereocenters. The maximum Gasteiger partial charge on any atom is 0.238 e. The molecule has 0 saturated carbocycles. The molecule has 0 bridgehead atoms. The second-order valence-electron chi connectivity index (χ2n) is 5.00. The number of anilines is 2. The van der Waals surface area contributed by atoms with Crippen LogP contribution < -0.4 is 16.0 Å². The van der Waals surface area contributed by atoms with Gasteiger partial charge in [0.25, 0.3) is 0 Å². The van der Waals surface area contributed by atoms with E-state index in [4.69, 9.17) is 11.6 Å². The van der Waals surface area contributed by atoms with Crippen LogP contribution in [0.4, 0.5) is 11.4 Å². The molecule has 0 unspecified atom stereocenters. The van der Waals surface area contributed by atoms with Crippen molar-refractivity contribution in [2.24, 2.45) is 0 Å². The van der Waals surface area contributed by atoms with Crippen LogP contribution in [0.5, 0.6) is 0 Å². The van der Waals surface area contributed by atoms with E-state index in [1.807, 2.05) is 24.3 Å². The molecule has 120 valence electrons. The number of hydrogen-bond acceptors (Lipinski definition) is 3. The lowest BCUT2D eigenvalue weighted by Gasteiger charge is -2.09. The van der Waals surface area contributed by atoms with Gasteiger partial charge >= 0.3 is 0 Å². The summed E-state index contributed by atoms with van der Waals surface area (Å²) in [5, 5.41) is 9.16. The third kappa shape index (κ3) is 5.73. The van der Waals surface area contributed by atoms with Gasteiger partial charge in [0.1, 0.15) is 0 Å². The Morgan fingerprint density at radius 3 is 2.17 bits per heavy atom. The zero-order valence-corrected chi connectivity index (χ0v) is 13.5. The Morgan fingerprint density at radius 2 is 1.57 bits per heavy atom. The Morgan fingerprint density at radius 1 is 0.957 bits per heavy atom. The third-order valence-corrected chi connectivity index (χ3v) is 3.42. The van der Waals surface area contributed by atoms with Crippen molar-refractivity contribution in [3.05, 3.63) is 59.1 Å². The number of nitrogens with one attached hydrogen (secondary N) is 3. The van der Waals surface area contributed by atoms with Gasteiger partial charge in [0, 0.05) is 29.9 Å². The summed E-state index contributed by atoms with van der Waals surface area (Å²) in [5.41, 5.74) is 2.30. The fourth-order valence-corrected chi connectivity index (χ4v) is 2.20. The lowest BCUT2D eigenvalue weighted by Crippen LogP contribution is -2.27. The number of carbonyl (C=O) groups excluding carboxylic acids is 2. The largest absolute Gasteiger partial charge is 0.326 e. The van der Waals surface area contributed by atoms with Gasteiger partial charge in [0.05, 0.1) is 6.54 Å². The van der Waals surface area contributed by atoms with Crippen molar-refractivity contribution >= 4 is 34.8 Å². The van der Waals surface area contributed by atoms with E-state index in [0.717, 1.165) is 5.56 Å². The Bertz CT molecular complexity index is 686. The van der Waals surface area contributed by atoms with E-state index >= 15 is 0 Å². The molecule has 0 fully saturated rings. The summed E-state index contributed by atoms with van der Waals surface area (Å²) in [7, 11) is 0. The van der Waals surface area contributed by atoms with E-state index in [0.29, 0.717) is 22.9 Å². The van der Waals surface area contributed by atoms with Crippen LogP contribution >= 0.6 is 11.6 Å². The van der Waals surface area contributed by atoms with Crippen LogP contribution in [-0.4, -0.2) is 18.4 Å². The standard InChI is InChI=1S/C17H18ClN3O2/c1-12(22)20-14-6-8-15(9-7-14)21-17(23)11-19-10-13-4-2-3-5-16(13)18/h2-9,19H,10-11H2,1H3,(H,20,22)(H,21,23). The van der Waals surface area contributed by atoms with E-state index in [1.165, 1.54) is 6.92 Å². The second kappa shape index (κ2) is 8.31. The van der Waals surface area contributed by atoms with Crippen molar-refractivity contribution in [1.82, 2.24) is 5.32 Å². The minimum Gasteiger partial charge on any atom is -0.326 e. The van der Waals surface area contributed by atoms with E-state index in [2.05, 4.69) is 16.0 Å². The summed E-state index contributed by atoms with van der Waals surface area (Å²) in [5.74, 6) is -0.283. The fraction of sp³-hybridized carbons (Fsp3) is 0.176. The Labute approximate surface area is 140 Å². The van der Waals surface area contributed by atoms with Crippen molar-refractivity contribution in [1.29, 1.82) is 0 Å². The molecule has 0 spiro atoms. The molecular weight excluding hydrogens is 314 g/mol. The zero-order valence-electron chi connectivity index (χ0n) is 12.7. The number of carbonyl (C=O) groups is 2. The molecule has 0 heterocycles. The number of hydrogen-bond donors (Lipinski definition) is 3. The van der Waals surface area contributed by atoms with Crippen molar-refractivity contribution < 1.29 is 9.59 Å². The zero-order chi connectivity index (χ0) is 16.7. The van der Waals surface area contributed by atoms with Crippen LogP contribution in [0.1, 0.15) is 12.5 Å². The summed E-state index contributed by atoms with van der Waals surface area (Å²) < 4.78 is 0. The highest BCUT2D eigenvalue weighted by Gasteiger charge is 2.04. The number of amides is 2. The molecular formula is C17H18ClN3O2. The number of benzene rings is 2. The molecule has 2 rings (SSSR count). The average Bonchev–Trinajstić information content (AvgIpc) is 2.51. The normalized spacial score (nSPS) is 10.2. The average molecular weight is 332 g/mol. The highest BCUT2D eigenvalue weighted by molar-refractivity contribution is 6.31. The molecule has 0 radical (unpaired) electrons. The Hall–Kier alpha value is -2.37. The van der Waals surface area contributed by atoms with Gasteiger partial charge in [0.15, 0.2) is 0 Å². The SMILES string of the molecule is CC(=O)Nc1ccc(NC(=O)CNCc2ccccc2Cl)cc1. The van der Waals surface area contributed by atoms with Gasteiger partial charge in [-0.15, -0.1) is 0 Å². The van der Waals surface area contributed by atoms with E-state index < -0.39 is 0 Å². The van der Waals surface area contributed by atoms with Crippen molar-refractivity contribution in [2.45, 2.75) is 13.5 Å². The van der Waals surface area contributed by atoms with E-state index in [9.17, 15) is 9.59 Å². The fourth-order valence-electron chi connectivity index (χ4n) is 2.00. The highest BCUT2D eigenvalue weighted by atomic mass is 35.5. The van der Waals surface area contributed by atoms with Crippen molar-refractivity contribution in [2.75, 3.05) is 17.2 Å². The Balaban J connectivity index is 1.78. The predicted octanol–water partition coefficient (Wildman–Crippen LogP) is 3.03. The van der Waals surface area contributed by atoms with Crippen molar-refractivity contribution in [3.63, 3.8) is 0 Å². The molecule has 5 nitrogen and oxygen atoms in total. The molecule has 0 aliphatic rings. The van der Waals surface area contributed by atoms with Crippen molar-refractivity contribution in [3.8, 4) is 0 Å². The molecule has 2 amide bonds. The quantitative estimate of drug-likeness (QED) is 0.762. The molecule has 2 aromatic carbocycles.